The minimum Gasteiger partial charge on any atom is -0.373 e. The summed E-state index contributed by atoms with van der Waals surface area (Å²) in [5, 5.41) is 14.3. The predicted molar refractivity (Wildman–Crippen MR) is 131 cm³/mol. The second-order valence-electron chi connectivity index (χ2n) is 8.52. The van der Waals surface area contributed by atoms with E-state index < -0.39 is 10.7 Å². The van der Waals surface area contributed by atoms with Gasteiger partial charge in [0.05, 0.1) is 4.92 Å². The number of nitrogens with zero attached hydrogens (tertiary/aromatic N) is 2. The second-order valence-corrected chi connectivity index (χ2v) is 8.52. The van der Waals surface area contributed by atoms with Gasteiger partial charge in [-0.05, 0) is 54.7 Å². The highest BCUT2D eigenvalue weighted by atomic mass is 19.1. The number of hydrogen-bond donors (Lipinski definition) is 1. The van der Waals surface area contributed by atoms with E-state index in [1.807, 2.05) is 56.3 Å². The van der Waals surface area contributed by atoms with Crippen molar-refractivity contribution in [3.63, 3.8) is 0 Å². The number of nitrogens with one attached hydrogen (secondary N) is 1. The molecule has 0 radical (unpaired) electrons. The number of rotatable bonds is 7. The van der Waals surface area contributed by atoms with E-state index in [2.05, 4.69) is 11.4 Å². The Balaban J connectivity index is 1.56. The summed E-state index contributed by atoms with van der Waals surface area (Å²) in [5.74, 6) is -0.882. The van der Waals surface area contributed by atoms with Gasteiger partial charge in [0, 0.05) is 36.8 Å². The van der Waals surface area contributed by atoms with Gasteiger partial charge in [-0.15, -0.1) is 0 Å². The molecule has 0 spiro atoms. The fourth-order valence-electron chi connectivity index (χ4n) is 4.06. The molecule has 4 rings (SSSR count). The molecule has 1 aliphatic heterocycles. The molecule has 3 aromatic rings. The molecule has 3 aromatic carbocycles. The second kappa shape index (κ2) is 9.87. The fourth-order valence-corrected chi connectivity index (χ4v) is 4.06. The van der Waals surface area contributed by atoms with Crippen molar-refractivity contribution in [2.75, 3.05) is 11.9 Å². The Bertz CT molecular complexity index is 1270. The maximum Gasteiger partial charge on any atom is 0.295 e. The number of aryl methyl sites for hydroxylation is 2. The molecule has 0 unspecified atom stereocenters. The molecule has 0 atom stereocenters. The lowest BCUT2D eigenvalue weighted by Gasteiger charge is -2.16. The molecule has 1 N–H and O–H groups in total. The van der Waals surface area contributed by atoms with E-state index >= 15 is 4.39 Å². The Labute approximate surface area is 197 Å². The van der Waals surface area contributed by atoms with Crippen LogP contribution in [0.3, 0.4) is 0 Å². The molecule has 174 valence electrons. The Morgan fingerprint density at radius 2 is 1.82 bits per heavy atom. The van der Waals surface area contributed by atoms with Crippen molar-refractivity contribution in [3.05, 3.63) is 110 Å². The molecule has 1 saturated heterocycles. The summed E-state index contributed by atoms with van der Waals surface area (Å²) in [5.41, 5.74) is 4.40. The summed E-state index contributed by atoms with van der Waals surface area (Å²) in [7, 11) is 0. The van der Waals surface area contributed by atoms with Gasteiger partial charge in [-0.2, -0.15) is 0 Å². The number of nitro benzene ring substituents is 1. The average molecular weight is 460 g/mol. The van der Waals surface area contributed by atoms with E-state index in [1.165, 1.54) is 29.3 Å². The van der Waals surface area contributed by atoms with Gasteiger partial charge < -0.3 is 10.2 Å². The number of carbonyl (C=O) groups is 1. The molecule has 7 heteroatoms. The molecule has 1 fully saturated rings. The van der Waals surface area contributed by atoms with Gasteiger partial charge in [-0.3, -0.25) is 14.9 Å². The van der Waals surface area contributed by atoms with E-state index in [4.69, 9.17) is 0 Å². The van der Waals surface area contributed by atoms with Crippen molar-refractivity contribution >= 4 is 23.4 Å². The number of amides is 1. The molecule has 0 aliphatic carbocycles. The van der Waals surface area contributed by atoms with Crippen LogP contribution in [0.25, 0.3) is 6.08 Å². The summed E-state index contributed by atoms with van der Waals surface area (Å²) in [6.07, 6.45) is 2.00. The zero-order chi connectivity index (χ0) is 24.2. The quantitative estimate of drug-likeness (QED) is 0.276. The van der Waals surface area contributed by atoms with Gasteiger partial charge in [-0.25, -0.2) is 4.39 Å². The molecule has 6 nitrogen and oxygen atoms in total. The smallest absolute Gasteiger partial charge is 0.295 e. The van der Waals surface area contributed by atoms with Crippen molar-refractivity contribution in [1.82, 2.24) is 4.90 Å². The average Bonchev–Trinajstić information content (AvgIpc) is 3.16. The third kappa shape index (κ3) is 4.98. The van der Waals surface area contributed by atoms with Crippen LogP contribution in [0, 0.1) is 29.8 Å². The lowest BCUT2D eigenvalue weighted by molar-refractivity contribution is -0.384. The molecule has 0 bridgehead atoms. The Hall–Kier alpha value is -4.00. The first-order valence-electron chi connectivity index (χ1n) is 11.1. The van der Waals surface area contributed by atoms with E-state index in [-0.39, 0.29) is 29.4 Å². The fraction of sp³-hybridized carbons (Fsp3) is 0.222. The molecular formula is C27H26FN3O3. The number of benzene rings is 3. The summed E-state index contributed by atoms with van der Waals surface area (Å²) in [6.45, 7) is 5.36. The first-order valence-corrected chi connectivity index (χ1v) is 11.1. The minimum absolute atomic E-state index is 0.144. The van der Waals surface area contributed by atoms with E-state index in [0.29, 0.717) is 25.1 Å². The zero-order valence-electron chi connectivity index (χ0n) is 19.2. The van der Waals surface area contributed by atoms with Crippen LogP contribution < -0.4 is 5.32 Å². The van der Waals surface area contributed by atoms with Crippen molar-refractivity contribution in [3.8, 4) is 0 Å². The molecular weight excluding hydrogens is 433 g/mol. The van der Waals surface area contributed by atoms with Crippen molar-refractivity contribution in [2.45, 2.75) is 33.4 Å². The topological polar surface area (TPSA) is 75.5 Å². The van der Waals surface area contributed by atoms with Crippen LogP contribution in [-0.4, -0.2) is 22.3 Å². The van der Waals surface area contributed by atoms with Gasteiger partial charge in [0.25, 0.3) is 5.69 Å². The van der Waals surface area contributed by atoms with E-state index in [0.717, 1.165) is 11.1 Å². The first kappa shape index (κ1) is 23.2. The Kier molecular flexibility index (Phi) is 6.72. The highest BCUT2D eigenvalue weighted by molar-refractivity contribution is 6.00. The molecule has 0 saturated carbocycles. The van der Waals surface area contributed by atoms with Crippen LogP contribution in [-0.2, 0) is 17.9 Å². The van der Waals surface area contributed by atoms with Gasteiger partial charge in [0.1, 0.15) is 0 Å². The third-order valence-corrected chi connectivity index (χ3v) is 6.15. The van der Waals surface area contributed by atoms with Gasteiger partial charge in [0.2, 0.25) is 5.91 Å². The monoisotopic (exact) mass is 459 g/mol. The maximum absolute atomic E-state index is 15.4. The largest absolute Gasteiger partial charge is 0.373 e. The summed E-state index contributed by atoms with van der Waals surface area (Å²) >= 11 is 0. The molecule has 1 amide bonds. The molecule has 0 aromatic heterocycles. The van der Waals surface area contributed by atoms with Crippen LogP contribution in [0.5, 0.6) is 0 Å². The van der Waals surface area contributed by atoms with Crippen LogP contribution >= 0.6 is 0 Å². The van der Waals surface area contributed by atoms with Crippen LogP contribution in [0.2, 0.25) is 0 Å². The minimum atomic E-state index is -0.738. The number of hydrogen-bond acceptors (Lipinski definition) is 4. The van der Waals surface area contributed by atoms with Crippen molar-refractivity contribution in [1.29, 1.82) is 0 Å². The van der Waals surface area contributed by atoms with Gasteiger partial charge in [-0.1, -0.05) is 48.5 Å². The van der Waals surface area contributed by atoms with Crippen LogP contribution in [0.4, 0.5) is 15.8 Å². The Morgan fingerprint density at radius 3 is 2.53 bits per heavy atom. The zero-order valence-corrected chi connectivity index (χ0v) is 19.2. The SMILES string of the molecule is Cc1ccc(CN2CC/C(=C\c3ccc([N+](=O)[O-])c(NCc4ccccc4)c3F)C2=O)cc1C. The summed E-state index contributed by atoms with van der Waals surface area (Å²) in [6, 6.07) is 18.0. The maximum atomic E-state index is 15.4. The normalized spacial score (nSPS) is 14.6. The lowest BCUT2D eigenvalue weighted by Crippen LogP contribution is -2.24. The lowest BCUT2D eigenvalue weighted by atomic mass is 10.1. The van der Waals surface area contributed by atoms with Crippen LogP contribution in [0.15, 0.2) is 66.2 Å². The molecule has 34 heavy (non-hydrogen) atoms. The van der Waals surface area contributed by atoms with Crippen molar-refractivity contribution < 1.29 is 14.1 Å². The van der Waals surface area contributed by atoms with E-state index in [1.54, 1.807) is 4.90 Å². The summed E-state index contributed by atoms with van der Waals surface area (Å²) < 4.78 is 15.4. The number of nitro groups is 1. The number of likely N-dealkylation sites (tertiary alicyclic amines) is 1. The number of halogens is 1. The molecule has 1 heterocycles. The van der Waals surface area contributed by atoms with E-state index in [9.17, 15) is 14.9 Å². The van der Waals surface area contributed by atoms with Crippen molar-refractivity contribution in [2.24, 2.45) is 0 Å². The highest BCUT2D eigenvalue weighted by Crippen LogP contribution is 2.32. The highest BCUT2D eigenvalue weighted by Gasteiger charge is 2.27. The number of carbonyl (C=O) groups excluding carboxylic acids is 1. The summed E-state index contributed by atoms with van der Waals surface area (Å²) in [4.78, 5) is 25.6. The van der Waals surface area contributed by atoms with Gasteiger partial charge >= 0.3 is 0 Å². The Morgan fingerprint density at radius 1 is 1.06 bits per heavy atom. The predicted octanol–water partition coefficient (Wildman–Crippen LogP) is 5.78. The number of anilines is 1. The third-order valence-electron chi connectivity index (χ3n) is 6.15. The van der Waals surface area contributed by atoms with Gasteiger partial charge in [0.15, 0.2) is 11.5 Å². The first-order chi connectivity index (χ1) is 16.3. The van der Waals surface area contributed by atoms with Crippen LogP contribution in [0.1, 0.15) is 34.2 Å². The molecule has 1 aliphatic rings. The standard InChI is InChI=1S/C27H26FN3O3/c1-18-8-9-21(14-19(18)2)17-30-13-12-23(27(30)32)15-22-10-11-24(31(33)34)26(25(22)28)29-16-20-6-4-3-5-7-20/h3-11,14-15,29H,12-13,16-17H2,1-2H3/b23-15+.